The van der Waals surface area contributed by atoms with E-state index in [9.17, 15) is 13.6 Å². The first-order chi connectivity index (χ1) is 11.0. The first-order valence-electron chi connectivity index (χ1n) is 6.84. The number of carbonyl (C=O) groups excluding carboxylic acids is 1. The molecule has 3 aromatic rings. The zero-order valence-corrected chi connectivity index (χ0v) is 12.4. The largest absolute Gasteiger partial charge is 0.460 e. The van der Waals surface area contributed by atoms with Gasteiger partial charge in [0.05, 0.1) is 16.9 Å². The molecular weight excluding hydrogens is 304 g/mol. The maximum absolute atomic E-state index is 13.7. The second-order valence-electron chi connectivity index (χ2n) is 5.06. The van der Waals surface area contributed by atoms with Gasteiger partial charge in [0, 0.05) is 6.07 Å². The van der Waals surface area contributed by atoms with Crippen LogP contribution in [0.15, 0.2) is 34.7 Å². The topological polar surface area (TPSA) is 70.9 Å². The number of aromatic nitrogens is 2. The number of carbonyl (C=O) groups is 1. The molecule has 1 amide bonds. The molecule has 2 N–H and O–H groups in total. The molecule has 3 rings (SSSR count). The van der Waals surface area contributed by atoms with Gasteiger partial charge in [-0.1, -0.05) is 0 Å². The lowest BCUT2D eigenvalue weighted by molar-refractivity contribution is 0.102. The lowest BCUT2D eigenvalue weighted by Gasteiger charge is -2.07. The normalized spacial score (nSPS) is 10.8. The summed E-state index contributed by atoms with van der Waals surface area (Å²) in [6.45, 7) is 3.50. The van der Waals surface area contributed by atoms with Crippen LogP contribution >= 0.6 is 0 Å². The minimum absolute atomic E-state index is 0.256. The number of anilines is 1. The second-order valence-corrected chi connectivity index (χ2v) is 5.06. The van der Waals surface area contributed by atoms with Crippen molar-refractivity contribution in [1.29, 1.82) is 0 Å². The van der Waals surface area contributed by atoms with Crippen molar-refractivity contribution in [2.24, 2.45) is 0 Å². The van der Waals surface area contributed by atoms with Crippen LogP contribution in [0, 0.1) is 25.5 Å². The summed E-state index contributed by atoms with van der Waals surface area (Å²) in [6, 6.07) is 6.26. The van der Waals surface area contributed by atoms with Crippen LogP contribution in [-0.4, -0.2) is 16.1 Å². The zero-order valence-electron chi connectivity index (χ0n) is 12.4. The van der Waals surface area contributed by atoms with E-state index in [1.165, 1.54) is 0 Å². The van der Waals surface area contributed by atoms with E-state index in [1.807, 2.05) is 0 Å². The average molecular weight is 317 g/mol. The second kappa shape index (κ2) is 5.68. The zero-order chi connectivity index (χ0) is 16.6. The van der Waals surface area contributed by atoms with Gasteiger partial charge in [-0.3, -0.25) is 9.89 Å². The highest BCUT2D eigenvalue weighted by Crippen LogP contribution is 2.30. The molecule has 0 fully saturated rings. The highest BCUT2D eigenvalue weighted by molar-refractivity contribution is 6.06. The fraction of sp³-hybridized carbons (Fsp3) is 0.125. The van der Waals surface area contributed by atoms with Gasteiger partial charge in [-0.15, -0.1) is 0 Å². The van der Waals surface area contributed by atoms with Gasteiger partial charge in [-0.25, -0.2) is 8.78 Å². The number of benzene rings is 1. The molecule has 0 saturated heterocycles. The average Bonchev–Trinajstić information content (AvgIpc) is 3.06. The molecule has 0 saturated carbocycles. The van der Waals surface area contributed by atoms with Gasteiger partial charge in [0.25, 0.3) is 5.91 Å². The third kappa shape index (κ3) is 2.85. The molecule has 2 aromatic heterocycles. The highest BCUT2D eigenvalue weighted by atomic mass is 19.1. The van der Waals surface area contributed by atoms with Crippen LogP contribution in [0.25, 0.3) is 11.5 Å². The number of hydrogen-bond donors (Lipinski definition) is 2. The Hall–Kier alpha value is -2.96. The number of rotatable bonds is 3. The molecule has 0 unspecified atom stereocenters. The van der Waals surface area contributed by atoms with E-state index in [0.29, 0.717) is 34.7 Å². The number of aromatic amines is 1. The molecule has 0 aliphatic heterocycles. The molecule has 0 spiro atoms. The van der Waals surface area contributed by atoms with Gasteiger partial charge in [0.1, 0.15) is 17.4 Å². The number of amides is 1. The lowest BCUT2D eigenvalue weighted by atomic mass is 10.1. The molecule has 0 bridgehead atoms. The predicted octanol–water partition coefficient (Wildman–Crippen LogP) is 3.82. The fourth-order valence-corrected chi connectivity index (χ4v) is 2.18. The van der Waals surface area contributed by atoms with E-state index in [-0.39, 0.29) is 5.56 Å². The highest BCUT2D eigenvalue weighted by Gasteiger charge is 2.20. The SMILES string of the molecule is Cc1ccc(-c2n[nH]c(C)c2NC(=O)c2ccc(F)cc2F)o1. The quantitative estimate of drug-likeness (QED) is 0.771. The van der Waals surface area contributed by atoms with E-state index in [2.05, 4.69) is 15.5 Å². The van der Waals surface area contributed by atoms with Gasteiger partial charge in [0.2, 0.25) is 0 Å². The maximum Gasteiger partial charge on any atom is 0.258 e. The van der Waals surface area contributed by atoms with Crippen LogP contribution in [-0.2, 0) is 0 Å². The van der Waals surface area contributed by atoms with Gasteiger partial charge in [-0.05, 0) is 38.1 Å². The Bertz CT molecular complexity index is 883. The molecular formula is C16H13F2N3O2. The number of aryl methyl sites for hydroxylation is 2. The van der Waals surface area contributed by atoms with Crippen molar-refractivity contribution in [3.8, 4) is 11.5 Å². The van der Waals surface area contributed by atoms with Crippen molar-refractivity contribution >= 4 is 11.6 Å². The molecule has 0 radical (unpaired) electrons. The van der Waals surface area contributed by atoms with Crippen molar-refractivity contribution in [1.82, 2.24) is 10.2 Å². The molecule has 23 heavy (non-hydrogen) atoms. The summed E-state index contributed by atoms with van der Waals surface area (Å²) in [6.07, 6.45) is 0. The van der Waals surface area contributed by atoms with Crippen molar-refractivity contribution in [3.63, 3.8) is 0 Å². The van der Waals surface area contributed by atoms with Crippen LogP contribution in [0.1, 0.15) is 21.8 Å². The third-order valence-corrected chi connectivity index (χ3v) is 3.34. The summed E-state index contributed by atoms with van der Waals surface area (Å²) < 4.78 is 32.1. The number of nitrogens with zero attached hydrogens (tertiary/aromatic N) is 1. The van der Waals surface area contributed by atoms with E-state index < -0.39 is 17.5 Å². The molecule has 1 aromatic carbocycles. The van der Waals surface area contributed by atoms with Crippen LogP contribution in [0.4, 0.5) is 14.5 Å². The number of H-pyrrole nitrogens is 1. The standard InChI is InChI=1S/C16H13F2N3O2/c1-8-3-6-13(23-8)15-14(9(2)20-21-15)19-16(22)11-5-4-10(17)7-12(11)18/h3-7H,1-2H3,(H,19,22)(H,20,21). The van der Waals surface area contributed by atoms with Crippen molar-refractivity contribution in [2.45, 2.75) is 13.8 Å². The third-order valence-electron chi connectivity index (χ3n) is 3.34. The van der Waals surface area contributed by atoms with Crippen LogP contribution in [0.5, 0.6) is 0 Å². The smallest absolute Gasteiger partial charge is 0.258 e. The van der Waals surface area contributed by atoms with Gasteiger partial charge >= 0.3 is 0 Å². The van der Waals surface area contributed by atoms with Crippen LogP contribution in [0.3, 0.4) is 0 Å². The Kier molecular flexibility index (Phi) is 3.69. The predicted molar refractivity (Wildman–Crippen MR) is 80.1 cm³/mol. The van der Waals surface area contributed by atoms with Gasteiger partial charge in [0.15, 0.2) is 11.5 Å². The first-order valence-corrected chi connectivity index (χ1v) is 6.84. The Morgan fingerprint density at radius 1 is 1.22 bits per heavy atom. The van der Waals surface area contributed by atoms with E-state index in [1.54, 1.807) is 26.0 Å². The molecule has 118 valence electrons. The molecule has 0 aliphatic rings. The monoisotopic (exact) mass is 317 g/mol. The summed E-state index contributed by atoms with van der Waals surface area (Å²) in [5.74, 6) is -1.20. The number of furan rings is 1. The summed E-state index contributed by atoms with van der Waals surface area (Å²) >= 11 is 0. The van der Waals surface area contributed by atoms with Crippen molar-refractivity contribution in [3.05, 3.63) is 59.0 Å². The Morgan fingerprint density at radius 3 is 2.65 bits per heavy atom. The van der Waals surface area contributed by atoms with Crippen LogP contribution in [0.2, 0.25) is 0 Å². The van der Waals surface area contributed by atoms with E-state index >= 15 is 0 Å². The van der Waals surface area contributed by atoms with E-state index in [4.69, 9.17) is 4.42 Å². The first kappa shape index (κ1) is 15.0. The number of nitrogens with one attached hydrogen (secondary N) is 2. The van der Waals surface area contributed by atoms with Gasteiger partial charge in [-0.2, -0.15) is 5.10 Å². The molecule has 0 atom stereocenters. The number of halogens is 2. The minimum atomic E-state index is -0.931. The Labute approximate surface area is 130 Å². The summed E-state index contributed by atoms with van der Waals surface area (Å²) in [7, 11) is 0. The number of hydrogen-bond acceptors (Lipinski definition) is 3. The minimum Gasteiger partial charge on any atom is -0.460 e. The molecule has 5 nitrogen and oxygen atoms in total. The summed E-state index contributed by atoms with van der Waals surface area (Å²) in [5, 5.41) is 9.43. The Morgan fingerprint density at radius 2 is 2.00 bits per heavy atom. The van der Waals surface area contributed by atoms with Crippen molar-refractivity contribution < 1.29 is 18.0 Å². The Balaban J connectivity index is 1.94. The lowest BCUT2D eigenvalue weighted by Crippen LogP contribution is -2.14. The summed E-state index contributed by atoms with van der Waals surface area (Å²) in [5.41, 5.74) is 1.12. The molecule has 7 heteroatoms. The van der Waals surface area contributed by atoms with E-state index in [0.717, 1.165) is 12.1 Å². The fourth-order valence-electron chi connectivity index (χ4n) is 2.18. The van der Waals surface area contributed by atoms with Gasteiger partial charge < -0.3 is 9.73 Å². The summed E-state index contributed by atoms with van der Waals surface area (Å²) in [4.78, 5) is 12.2. The van der Waals surface area contributed by atoms with Crippen molar-refractivity contribution in [2.75, 3.05) is 5.32 Å². The van der Waals surface area contributed by atoms with Crippen LogP contribution < -0.4 is 5.32 Å². The molecule has 2 heterocycles. The maximum atomic E-state index is 13.7. The molecule has 0 aliphatic carbocycles.